The van der Waals surface area contributed by atoms with E-state index >= 15 is 0 Å². The lowest BCUT2D eigenvalue weighted by molar-refractivity contribution is 0.0632. The maximum absolute atomic E-state index is 13.4. The molecule has 0 bridgehead atoms. The normalized spacial score (nSPS) is 19.2. The molecule has 6 nitrogen and oxygen atoms in total. The number of fused-ring (bicyclic) bond motifs is 1. The summed E-state index contributed by atoms with van der Waals surface area (Å²) < 4.78 is 33.6. The lowest BCUT2D eigenvalue weighted by Gasteiger charge is -2.34. The van der Waals surface area contributed by atoms with Crippen LogP contribution in [0.5, 0.6) is 5.75 Å². The number of sulfonamides is 1. The summed E-state index contributed by atoms with van der Waals surface area (Å²) >= 11 is 0. The van der Waals surface area contributed by atoms with Gasteiger partial charge in [0.15, 0.2) is 0 Å². The molecule has 4 rings (SSSR count). The van der Waals surface area contributed by atoms with Gasteiger partial charge in [-0.3, -0.25) is 9.10 Å². The maximum atomic E-state index is 13.4. The third-order valence-corrected chi connectivity index (χ3v) is 7.71. The van der Waals surface area contributed by atoms with Gasteiger partial charge < -0.3 is 9.64 Å². The van der Waals surface area contributed by atoms with E-state index in [0.29, 0.717) is 36.5 Å². The van der Waals surface area contributed by atoms with Gasteiger partial charge >= 0.3 is 0 Å². The van der Waals surface area contributed by atoms with Crippen molar-refractivity contribution in [1.82, 2.24) is 4.90 Å². The number of rotatable bonds is 4. The fourth-order valence-electron chi connectivity index (χ4n) is 4.25. The zero-order valence-corrected chi connectivity index (χ0v) is 17.6. The number of carbonyl (C=O) groups excluding carboxylic acids is 1. The van der Waals surface area contributed by atoms with E-state index in [1.165, 1.54) is 23.5 Å². The molecule has 1 unspecified atom stereocenters. The van der Waals surface area contributed by atoms with E-state index in [-0.39, 0.29) is 16.8 Å². The number of amides is 1. The summed E-state index contributed by atoms with van der Waals surface area (Å²) in [6.45, 7) is 3.12. The number of nitrogens with zero attached hydrogens (tertiary/aromatic N) is 2. The van der Waals surface area contributed by atoms with E-state index in [9.17, 15) is 13.2 Å². The Labute approximate surface area is 172 Å². The number of hydrogen-bond acceptors (Lipinski definition) is 4. The van der Waals surface area contributed by atoms with Gasteiger partial charge in [0.1, 0.15) is 5.75 Å². The molecule has 1 fully saturated rings. The zero-order valence-electron chi connectivity index (χ0n) is 16.8. The summed E-state index contributed by atoms with van der Waals surface area (Å²) in [5.74, 6) is 0.224. The molecule has 2 aromatic rings. The van der Waals surface area contributed by atoms with Crippen molar-refractivity contribution in [2.24, 2.45) is 0 Å². The van der Waals surface area contributed by atoms with Crippen LogP contribution in [0.4, 0.5) is 5.69 Å². The first kappa shape index (κ1) is 19.8. The van der Waals surface area contributed by atoms with Gasteiger partial charge in [0.25, 0.3) is 15.9 Å². The number of hydrogen-bond donors (Lipinski definition) is 0. The summed E-state index contributed by atoms with van der Waals surface area (Å²) in [4.78, 5) is 15.2. The van der Waals surface area contributed by atoms with Crippen LogP contribution in [0.3, 0.4) is 0 Å². The predicted octanol–water partition coefficient (Wildman–Crippen LogP) is 3.46. The Kier molecular flexibility index (Phi) is 5.25. The largest absolute Gasteiger partial charge is 0.496 e. The highest BCUT2D eigenvalue weighted by atomic mass is 32.2. The average Bonchev–Trinajstić information content (AvgIpc) is 3.18. The molecule has 0 spiro atoms. The first-order valence-corrected chi connectivity index (χ1v) is 11.5. The predicted molar refractivity (Wildman–Crippen MR) is 112 cm³/mol. The first-order valence-electron chi connectivity index (χ1n) is 10.0. The van der Waals surface area contributed by atoms with Gasteiger partial charge in [-0.15, -0.1) is 0 Å². The summed E-state index contributed by atoms with van der Waals surface area (Å²) in [6, 6.07) is 12.2. The number of likely N-dealkylation sites (tertiary alicyclic amines) is 1. The minimum atomic E-state index is -3.77. The van der Waals surface area contributed by atoms with Crippen LogP contribution in [0, 0.1) is 0 Å². The number of anilines is 1. The van der Waals surface area contributed by atoms with Gasteiger partial charge in [0, 0.05) is 19.1 Å². The third kappa shape index (κ3) is 3.48. The number of methoxy groups -OCH3 is 1. The monoisotopic (exact) mass is 414 g/mol. The van der Waals surface area contributed by atoms with Crippen LogP contribution in [0.1, 0.15) is 42.1 Å². The molecule has 2 aromatic carbocycles. The number of piperidine rings is 1. The summed E-state index contributed by atoms with van der Waals surface area (Å²) in [6.07, 6.45) is 3.70. The summed E-state index contributed by atoms with van der Waals surface area (Å²) in [5.41, 5.74) is 2.03. The van der Waals surface area contributed by atoms with Crippen molar-refractivity contribution in [3.63, 3.8) is 0 Å². The molecule has 29 heavy (non-hydrogen) atoms. The van der Waals surface area contributed by atoms with E-state index < -0.39 is 10.0 Å². The molecule has 0 aliphatic carbocycles. The standard InChI is InChI=1S/C22H26N2O4S/c1-16-7-5-6-13-23(16)22(25)19-15-18(10-11-21(19)28-2)29(26,27)24-14-12-17-8-3-4-9-20(17)24/h3-4,8-11,15-16H,5-7,12-14H2,1-2H3. The molecule has 2 aliphatic rings. The van der Waals surface area contributed by atoms with Crippen molar-refractivity contribution in [2.45, 2.75) is 43.5 Å². The van der Waals surface area contributed by atoms with Crippen molar-refractivity contribution in [3.05, 3.63) is 53.6 Å². The Morgan fingerprint density at radius 2 is 1.90 bits per heavy atom. The fraction of sp³-hybridized carbons (Fsp3) is 0.409. The lowest BCUT2D eigenvalue weighted by Crippen LogP contribution is -2.42. The highest BCUT2D eigenvalue weighted by Gasteiger charge is 2.33. The van der Waals surface area contributed by atoms with E-state index in [1.54, 1.807) is 6.07 Å². The zero-order chi connectivity index (χ0) is 20.6. The van der Waals surface area contributed by atoms with Gasteiger partial charge in [-0.2, -0.15) is 0 Å². The Morgan fingerprint density at radius 1 is 1.10 bits per heavy atom. The minimum Gasteiger partial charge on any atom is -0.496 e. The Bertz CT molecular complexity index is 1030. The molecule has 0 saturated carbocycles. The van der Waals surface area contributed by atoms with E-state index in [2.05, 4.69) is 0 Å². The molecule has 2 aliphatic heterocycles. The molecule has 1 amide bonds. The van der Waals surface area contributed by atoms with Crippen LogP contribution in [0.2, 0.25) is 0 Å². The van der Waals surface area contributed by atoms with E-state index in [1.807, 2.05) is 36.1 Å². The molecule has 0 aromatic heterocycles. The van der Waals surface area contributed by atoms with Crippen LogP contribution in [-0.4, -0.2) is 45.5 Å². The molecule has 7 heteroatoms. The van der Waals surface area contributed by atoms with Crippen molar-refractivity contribution in [1.29, 1.82) is 0 Å². The second-order valence-corrected chi connectivity index (χ2v) is 9.52. The van der Waals surface area contributed by atoms with Gasteiger partial charge in [-0.1, -0.05) is 18.2 Å². The highest BCUT2D eigenvalue weighted by molar-refractivity contribution is 7.92. The third-order valence-electron chi connectivity index (χ3n) is 5.90. The van der Waals surface area contributed by atoms with E-state index in [0.717, 1.165) is 24.8 Å². The molecule has 0 N–H and O–H groups in total. The van der Waals surface area contributed by atoms with Gasteiger partial charge in [-0.25, -0.2) is 8.42 Å². The van der Waals surface area contributed by atoms with E-state index in [4.69, 9.17) is 4.74 Å². The van der Waals surface area contributed by atoms with Crippen LogP contribution < -0.4 is 9.04 Å². The van der Waals surface area contributed by atoms with Gasteiger partial charge in [0.05, 0.1) is 23.3 Å². The summed E-state index contributed by atoms with van der Waals surface area (Å²) in [7, 11) is -2.27. The molecule has 2 heterocycles. The van der Waals surface area contributed by atoms with Crippen molar-refractivity contribution >= 4 is 21.6 Å². The average molecular weight is 415 g/mol. The number of benzene rings is 2. The van der Waals surface area contributed by atoms with Crippen LogP contribution in [0.25, 0.3) is 0 Å². The topological polar surface area (TPSA) is 66.9 Å². The molecular formula is C22H26N2O4S. The number of carbonyl (C=O) groups is 1. The van der Waals surface area contributed by atoms with Crippen molar-refractivity contribution in [3.8, 4) is 5.75 Å². The smallest absolute Gasteiger partial charge is 0.264 e. The van der Waals surface area contributed by atoms with Crippen molar-refractivity contribution < 1.29 is 17.9 Å². The molecular weight excluding hydrogens is 388 g/mol. The lowest BCUT2D eigenvalue weighted by atomic mass is 10.0. The highest BCUT2D eigenvalue weighted by Crippen LogP contribution is 2.34. The molecule has 1 saturated heterocycles. The molecule has 0 radical (unpaired) electrons. The first-order chi connectivity index (χ1) is 13.9. The van der Waals surface area contributed by atoms with Crippen LogP contribution in [0.15, 0.2) is 47.4 Å². The van der Waals surface area contributed by atoms with Gasteiger partial charge in [-0.05, 0) is 62.4 Å². The number of ether oxygens (including phenoxy) is 1. The quantitative estimate of drug-likeness (QED) is 0.768. The Morgan fingerprint density at radius 3 is 2.66 bits per heavy atom. The Hall–Kier alpha value is -2.54. The Balaban J connectivity index is 1.72. The summed E-state index contributed by atoms with van der Waals surface area (Å²) in [5, 5.41) is 0. The van der Waals surface area contributed by atoms with Crippen LogP contribution >= 0.6 is 0 Å². The SMILES string of the molecule is COc1ccc(S(=O)(=O)N2CCc3ccccc32)cc1C(=O)N1CCCCC1C. The van der Waals surface area contributed by atoms with Crippen LogP contribution in [-0.2, 0) is 16.4 Å². The molecule has 154 valence electrons. The van der Waals surface area contributed by atoms with Gasteiger partial charge in [0.2, 0.25) is 0 Å². The minimum absolute atomic E-state index is 0.114. The second-order valence-electron chi connectivity index (χ2n) is 7.66. The second kappa shape index (κ2) is 7.71. The maximum Gasteiger partial charge on any atom is 0.264 e. The number of para-hydroxylation sites is 1. The fourth-order valence-corrected chi connectivity index (χ4v) is 5.78. The van der Waals surface area contributed by atoms with Crippen molar-refractivity contribution in [2.75, 3.05) is 24.5 Å². The molecule has 1 atom stereocenters.